The van der Waals surface area contributed by atoms with E-state index in [9.17, 15) is 9.59 Å². The van der Waals surface area contributed by atoms with Crippen LogP contribution >= 0.6 is 0 Å². The average Bonchev–Trinajstić information content (AvgIpc) is 3.29. The van der Waals surface area contributed by atoms with Crippen LogP contribution in [0.2, 0.25) is 0 Å². The third-order valence-electron chi connectivity index (χ3n) is 6.04. The molecular formula is C23H30N2O8. The van der Waals surface area contributed by atoms with Gasteiger partial charge in [0.05, 0.1) is 31.5 Å². The van der Waals surface area contributed by atoms with Crippen molar-refractivity contribution in [2.75, 3.05) is 38.9 Å². The van der Waals surface area contributed by atoms with Crippen molar-refractivity contribution in [1.29, 1.82) is 0 Å². The van der Waals surface area contributed by atoms with Gasteiger partial charge in [-0.3, -0.25) is 4.79 Å². The highest BCUT2D eigenvalue weighted by Gasteiger charge is 2.47. The summed E-state index contributed by atoms with van der Waals surface area (Å²) in [5.74, 6) is 0.295. The van der Waals surface area contributed by atoms with Crippen molar-refractivity contribution in [2.45, 2.75) is 50.7 Å². The zero-order valence-electron chi connectivity index (χ0n) is 19.0. The van der Waals surface area contributed by atoms with Crippen molar-refractivity contribution in [3.8, 4) is 11.5 Å². The largest absolute Gasteiger partial charge is 0.493 e. The maximum Gasteiger partial charge on any atom is 0.416 e. The van der Waals surface area contributed by atoms with Crippen molar-refractivity contribution in [1.82, 2.24) is 4.90 Å². The van der Waals surface area contributed by atoms with E-state index in [1.807, 2.05) is 0 Å². The molecule has 180 valence electrons. The molecule has 3 aliphatic heterocycles. The van der Waals surface area contributed by atoms with Crippen LogP contribution in [0.1, 0.15) is 42.5 Å². The predicted octanol–water partition coefficient (Wildman–Crippen LogP) is 3.25. The molecule has 0 radical (unpaired) electrons. The summed E-state index contributed by atoms with van der Waals surface area (Å²) in [4.78, 5) is 40.1. The molecule has 0 N–H and O–H groups in total. The fourth-order valence-corrected chi connectivity index (χ4v) is 4.57. The Kier molecular flexibility index (Phi) is 7.36. The Morgan fingerprint density at radius 1 is 1.21 bits per heavy atom. The maximum atomic E-state index is 13.6. The molecule has 0 aliphatic carbocycles. The van der Waals surface area contributed by atoms with Crippen LogP contribution in [0, 0.1) is 0 Å². The van der Waals surface area contributed by atoms with Gasteiger partial charge in [-0.25, -0.2) is 9.69 Å². The van der Waals surface area contributed by atoms with Gasteiger partial charge in [-0.2, -0.15) is 4.89 Å². The third kappa shape index (κ3) is 4.64. The second-order valence-corrected chi connectivity index (χ2v) is 8.04. The number of methoxy groups -OCH3 is 1. The molecule has 2 fully saturated rings. The van der Waals surface area contributed by atoms with Crippen molar-refractivity contribution < 1.29 is 38.3 Å². The second-order valence-electron chi connectivity index (χ2n) is 8.04. The van der Waals surface area contributed by atoms with Crippen LogP contribution in [0.15, 0.2) is 24.8 Å². The number of amides is 2. The fourth-order valence-electron chi connectivity index (χ4n) is 4.57. The first-order valence-electron chi connectivity index (χ1n) is 11.2. The fraction of sp³-hybridized carbons (Fsp3) is 0.565. The third-order valence-corrected chi connectivity index (χ3v) is 6.04. The van der Waals surface area contributed by atoms with E-state index in [0.717, 1.165) is 19.3 Å². The number of nitrogens with zero attached hydrogens (tertiary/aromatic N) is 2. The molecule has 33 heavy (non-hydrogen) atoms. The highest BCUT2D eigenvalue weighted by molar-refractivity contribution is 6.06. The van der Waals surface area contributed by atoms with E-state index in [0.29, 0.717) is 31.7 Å². The van der Waals surface area contributed by atoms with Gasteiger partial charge in [0.15, 0.2) is 18.3 Å². The summed E-state index contributed by atoms with van der Waals surface area (Å²) in [5.41, 5.74) is 0.575. The molecule has 3 aliphatic rings. The van der Waals surface area contributed by atoms with Crippen LogP contribution in [0.5, 0.6) is 11.5 Å². The quantitative estimate of drug-likeness (QED) is 0.346. The smallest absolute Gasteiger partial charge is 0.416 e. The zero-order valence-corrected chi connectivity index (χ0v) is 19.0. The lowest BCUT2D eigenvalue weighted by Gasteiger charge is -2.38. The summed E-state index contributed by atoms with van der Waals surface area (Å²) < 4.78 is 23.0. The first-order chi connectivity index (χ1) is 16.1. The zero-order chi connectivity index (χ0) is 23.4. The summed E-state index contributed by atoms with van der Waals surface area (Å²) in [6.45, 7) is 4.77. The Hall–Kier alpha value is -2.82. The van der Waals surface area contributed by atoms with E-state index in [1.54, 1.807) is 11.0 Å². The molecule has 0 spiro atoms. The molecule has 1 unspecified atom stereocenters. The van der Waals surface area contributed by atoms with Gasteiger partial charge in [-0.1, -0.05) is 12.7 Å². The van der Waals surface area contributed by atoms with E-state index in [2.05, 4.69) is 6.58 Å². The number of rotatable bonds is 7. The first kappa shape index (κ1) is 23.3. The van der Waals surface area contributed by atoms with Crippen LogP contribution in [0.4, 0.5) is 10.5 Å². The van der Waals surface area contributed by atoms with E-state index in [4.69, 9.17) is 28.7 Å². The van der Waals surface area contributed by atoms with Gasteiger partial charge >= 0.3 is 6.09 Å². The minimum atomic E-state index is -0.804. The summed E-state index contributed by atoms with van der Waals surface area (Å²) >= 11 is 0. The Morgan fingerprint density at radius 3 is 2.76 bits per heavy atom. The maximum absolute atomic E-state index is 13.6. The number of hydrogen-bond donors (Lipinski definition) is 0. The topological polar surface area (TPSA) is 96.0 Å². The van der Waals surface area contributed by atoms with Crippen molar-refractivity contribution >= 4 is 17.7 Å². The molecule has 10 nitrogen and oxygen atoms in total. The number of ether oxygens (including phenoxy) is 4. The summed E-state index contributed by atoms with van der Waals surface area (Å²) in [5, 5.41) is 0. The summed E-state index contributed by atoms with van der Waals surface area (Å²) in [6, 6.07) is 2.73. The molecule has 4 rings (SSSR count). The number of benzene rings is 1. The number of carbonyl (C=O) groups is 2. The molecule has 3 atom stereocenters. The monoisotopic (exact) mass is 462 g/mol. The standard InChI is InChI=1S/C23H30N2O8/c1-4-11-31-23(27)25-17-14-19(33-29-3)18(28-2)13-15(17)21(26)24-10-7-8-16(24)22(25)32-20-9-5-6-12-30-20/h4,13-14,16,20,22H,1,5-12H2,2-3H3/t16-,20?,22-/m0/s1. The van der Waals surface area contributed by atoms with Gasteiger partial charge < -0.3 is 28.7 Å². The summed E-state index contributed by atoms with van der Waals surface area (Å²) in [6.07, 6.45) is 3.65. The predicted molar refractivity (Wildman–Crippen MR) is 117 cm³/mol. The average molecular weight is 462 g/mol. The molecule has 2 saturated heterocycles. The lowest BCUT2D eigenvalue weighted by molar-refractivity contribution is -0.195. The van der Waals surface area contributed by atoms with E-state index < -0.39 is 18.6 Å². The van der Waals surface area contributed by atoms with E-state index in [-0.39, 0.29) is 35.6 Å². The van der Waals surface area contributed by atoms with E-state index >= 15 is 0 Å². The molecule has 0 saturated carbocycles. The van der Waals surface area contributed by atoms with Gasteiger partial charge in [-0.15, -0.1) is 0 Å². The number of anilines is 1. The van der Waals surface area contributed by atoms with Crippen LogP contribution in [0.3, 0.4) is 0 Å². The number of carbonyl (C=O) groups excluding carboxylic acids is 2. The SMILES string of the molecule is C=CCOC(=O)N1c2cc(OOC)c(OC)cc2C(=O)N2CCC[C@H]2[C@@H]1OC1CCCCO1. The Labute approximate surface area is 192 Å². The highest BCUT2D eigenvalue weighted by atomic mass is 17.2. The second kappa shape index (κ2) is 10.4. The van der Waals surface area contributed by atoms with Gasteiger partial charge in [0.1, 0.15) is 6.61 Å². The molecule has 1 aromatic rings. The van der Waals surface area contributed by atoms with Crippen LogP contribution < -0.4 is 14.5 Å². The van der Waals surface area contributed by atoms with Crippen molar-refractivity contribution in [3.63, 3.8) is 0 Å². The first-order valence-corrected chi connectivity index (χ1v) is 11.2. The minimum Gasteiger partial charge on any atom is -0.493 e. The van der Waals surface area contributed by atoms with Crippen LogP contribution in [-0.2, 0) is 19.1 Å². The van der Waals surface area contributed by atoms with Crippen molar-refractivity contribution in [3.05, 3.63) is 30.4 Å². The Balaban J connectivity index is 1.84. The lowest BCUT2D eigenvalue weighted by Crippen LogP contribution is -2.54. The van der Waals surface area contributed by atoms with Gasteiger partial charge in [-0.05, 0) is 38.2 Å². The number of hydrogen-bond acceptors (Lipinski definition) is 8. The molecule has 10 heteroatoms. The molecule has 0 bridgehead atoms. The van der Waals surface area contributed by atoms with Crippen LogP contribution in [0.25, 0.3) is 0 Å². The minimum absolute atomic E-state index is 0.0111. The molecule has 0 aromatic heterocycles. The molecule has 3 heterocycles. The van der Waals surface area contributed by atoms with Gasteiger partial charge in [0.25, 0.3) is 5.91 Å². The van der Waals surface area contributed by atoms with Gasteiger partial charge in [0, 0.05) is 19.2 Å². The molecule has 2 amide bonds. The van der Waals surface area contributed by atoms with Gasteiger partial charge in [0.2, 0.25) is 5.75 Å². The Morgan fingerprint density at radius 2 is 2.06 bits per heavy atom. The molecule has 1 aromatic carbocycles. The van der Waals surface area contributed by atoms with Crippen LogP contribution in [-0.4, -0.2) is 69.4 Å². The highest BCUT2D eigenvalue weighted by Crippen LogP contribution is 2.42. The normalized spacial score (nSPS) is 24.5. The Bertz CT molecular complexity index is 885. The van der Waals surface area contributed by atoms with E-state index in [1.165, 1.54) is 31.3 Å². The molecular weight excluding hydrogens is 432 g/mol. The summed E-state index contributed by atoms with van der Waals surface area (Å²) in [7, 11) is 2.82. The lowest BCUT2D eigenvalue weighted by atomic mass is 10.1. The number of fused-ring (bicyclic) bond motifs is 2. The van der Waals surface area contributed by atoms with Crippen molar-refractivity contribution in [2.24, 2.45) is 0 Å².